The zero-order valence-corrected chi connectivity index (χ0v) is 10.3. The molecule has 0 saturated heterocycles. The number of carbonyl (C=O) groups excluding carboxylic acids is 1. The molecule has 0 saturated carbocycles. The summed E-state index contributed by atoms with van der Waals surface area (Å²) in [5, 5.41) is 0.0482. The maximum absolute atomic E-state index is 12.3. The van der Waals surface area contributed by atoms with Gasteiger partial charge < -0.3 is 4.74 Å². The number of pyridine rings is 1. The number of halogens is 3. The molecule has 0 amide bonds. The van der Waals surface area contributed by atoms with E-state index in [1.807, 2.05) is 0 Å². The molecule has 98 valence electrons. The van der Waals surface area contributed by atoms with E-state index in [0.717, 1.165) is 0 Å². The largest absolute Gasteiger partial charge is 0.434 e. The van der Waals surface area contributed by atoms with E-state index in [4.69, 9.17) is 11.6 Å². The molecule has 0 N–H and O–H groups in total. The average Bonchev–Trinajstić information content (AvgIpc) is 2.38. The minimum atomic E-state index is -3.03. The van der Waals surface area contributed by atoms with Crippen LogP contribution in [0.15, 0.2) is 42.7 Å². The number of carbonyl (C=O) groups is 1. The topological polar surface area (TPSA) is 39.2 Å². The highest BCUT2D eigenvalue weighted by atomic mass is 35.5. The molecule has 1 aromatic heterocycles. The summed E-state index contributed by atoms with van der Waals surface area (Å²) in [4.78, 5) is 16.0. The first-order chi connectivity index (χ1) is 9.09. The number of ether oxygens (including phenoxy) is 1. The van der Waals surface area contributed by atoms with Crippen LogP contribution in [0.25, 0.3) is 0 Å². The summed E-state index contributed by atoms with van der Waals surface area (Å²) >= 11 is 5.89. The maximum atomic E-state index is 12.3. The number of hydrogen-bond acceptors (Lipinski definition) is 3. The van der Waals surface area contributed by atoms with E-state index in [9.17, 15) is 13.6 Å². The lowest BCUT2D eigenvalue weighted by Crippen LogP contribution is -2.09. The monoisotopic (exact) mass is 283 g/mol. The first kappa shape index (κ1) is 13.4. The van der Waals surface area contributed by atoms with Crippen LogP contribution in [0, 0.1) is 0 Å². The molecule has 2 aromatic rings. The second-order valence-corrected chi connectivity index (χ2v) is 3.97. The van der Waals surface area contributed by atoms with Gasteiger partial charge in [-0.05, 0) is 24.3 Å². The van der Waals surface area contributed by atoms with E-state index >= 15 is 0 Å². The summed E-state index contributed by atoms with van der Waals surface area (Å²) in [6.45, 7) is -3.03. The Hall–Kier alpha value is -2.01. The molecule has 0 fully saturated rings. The van der Waals surface area contributed by atoms with Crippen LogP contribution in [0.4, 0.5) is 8.78 Å². The first-order valence-corrected chi connectivity index (χ1v) is 5.65. The van der Waals surface area contributed by atoms with Gasteiger partial charge in [0.2, 0.25) is 0 Å². The van der Waals surface area contributed by atoms with Crippen LogP contribution >= 0.6 is 11.6 Å². The number of benzene rings is 1. The predicted octanol–water partition coefficient (Wildman–Crippen LogP) is 3.57. The van der Waals surface area contributed by atoms with E-state index in [1.165, 1.54) is 36.7 Å². The molecule has 0 aliphatic heterocycles. The van der Waals surface area contributed by atoms with Crippen LogP contribution in [0.3, 0.4) is 0 Å². The lowest BCUT2D eigenvalue weighted by molar-refractivity contribution is -0.0501. The number of alkyl halides is 2. The van der Waals surface area contributed by atoms with Crippen molar-refractivity contribution in [1.82, 2.24) is 4.98 Å². The van der Waals surface area contributed by atoms with Crippen LogP contribution in [0.1, 0.15) is 15.9 Å². The van der Waals surface area contributed by atoms with E-state index in [2.05, 4.69) is 9.72 Å². The third kappa shape index (κ3) is 3.06. The highest BCUT2D eigenvalue weighted by molar-refractivity contribution is 6.35. The van der Waals surface area contributed by atoms with Crippen LogP contribution in [-0.2, 0) is 0 Å². The van der Waals surface area contributed by atoms with Crippen LogP contribution in [0.2, 0.25) is 5.02 Å². The highest BCUT2D eigenvalue weighted by Crippen LogP contribution is 2.29. The Morgan fingerprint density at radius 1 is 1.26 bits per heavy atom. The number of nitrogens with zero attached hydrogens (tertiary/aromatic N) is 1. The first-order valence-electron chi connectivity index (χ1n) is 5.27. The van der Waals surface area contributed by atoms with Crippen molar-refractivity contribution in [2.75, 3.05) is 0 Å². The Balaban J connectivity index is 2.46. The zero-order chi connectivity index (χ0) is 13.8. The van der Waals surface area contributed by atoms with E-state index in [1.54, 1.807) is 6.07 Å². The van der Waals surface area contributed by atoms with Gasteiger partial charge in [0.1, 0.15) is 5.75 Å². The molecule has 0 spiro atoms. The van der Waals surface area contributed by atoms with Crippen molar-refractivity contribution < 1.29 is 18.3 Å². The van der Waals surface area contributed by atoms with Crippen molar-refractivity contribution in [3.05, 3.63) is 58.9 Å². The zero-order valence-electron chi connectivity index (χ0n) is 9.52. The van der Waals surface area contributed by atoms with Gasteiger partial charge in [0.15, 0.2) is 5.78 Å². The van der Waals surface area contributed by atoms with Gasteiger partial charge in [0.05, 0.1) is 10.6 Å². The third-order valence-corrected chi connectivity index (χ3v) is 2.66. The summed E-state index contributed by atoms with van der Waals surface area (Å²) in [7, 11) is 0. The lowest BCUT2D eigenvalue weighted by atomic mass is 10.0. The molecule has 6 heteroatoms. The maximum Gasteiger partial charge on any atom is 0.387 e. The molecule has 0 atom stereocenters. The fourth-order valence-electron chi connectivity index (χ4n) is 1.56. The van der Waals surface area contributed by atoms with Gasteiger partial charge in [-0.25, -0.2) is 0 Å². The molecule has 1 aromatic carbocycles. The van der Waals surface area contributed by atoms with E-state index in [0.29, 0.717) is 0 Å². The predicted molar refractivity (Wildman–Crippen MR) is 65.8 cm³/mol. The number of ketones is 1. The quantitative estimate of drug-likeness (QED) is 0.805. The highest BCUT2D eigenvalue weighted by Gasteiger charge is 2.20. The van der Waals surface area contributed by atoms with E-state index < -0.39 is 12.4 Å². The van der Waals surface area contributed by atoms with Crippen LogP contribution < -0.4 is 4.74 Å². The summed E-state index contributed by atoms with van der Waals surface area (Å²) in [5.41, 5.74) is 0.146. The van der Waals surface area contributed by atoms with Crippen molar-refractivity contribution in [2.45, 2.75) is 6.61 Å². The van der Waals surface area contributed by atoms with Crippen molar-refractivity contribution >= 4 is 17.4 Å². The van der Waals surface area contributed by atoms with Gasteiger partial charge in [0, 0.05) is 18.0 Å². The Morgan fingerprint density at radius 2 is 2.05 bits per heavy atom. The summed E-state index contributed by atoms with van der Waals surface area (Å²) in [6.07, 6.45) is 2.83. The van der Waals surface area contributed by atoms with Crippen molar-refractivity contribution in [3.63, 3.8) is 0 Å². The van der Waals surface area contributed by atoms with Gasteiger partial charge >= 0.3 is 6.61 Å². The Bertz CT molecular complexity index is 590. The van der Waals surface area contributed by atoms with Crippen molar-refractivity contribution in [2.24, 2.45) is 0 Å². The summed E-state index contributed by atoms with van der Waals surface area (Å²) in [5.74, 6) is -0.772. The number of hydrogen-bond donors (Lipinski definition) is 0. The molecular weight excluding hydrogens is 276 g/mol. The molecule has 0 radical (unpaired) electrons. The number of rotatable bonds is 4. The normalized spacial score (nSPS) is 10.5. The van der Waals surface area contributed by atoms with Gasteiger partial charge in [-0.3, -0.25) is 9.78 Å². The average molecular weight is 284 g/mol. The molecular formula is C13H8ClF2NO2. The van der Waals surface area contributed by atoms with Gasteiger partial charge in [-0.15, -0.1) is 0 Å². The van der Waals surface area contributed by atoms with Gasteiger partial charge in [-0.1, -0.05) is 17.7 Å². The fourth-order valence-corrected chi connectivity index (χ4v) is 1.81. The summed E-state index contributed by atoms with van der Waals surface area (Å²) in [6, 6.07) is 7.22. The fraction of sp³-hybridized carbons (Fsp3) is 0.0769. The molecule has 2 rings (SSSR count). The van der Waals surface area contributed by atoms with Gasteiger partial charge in [0.25, 0.3) is 0 Å². The Kier molecular flexibility index (Phi) is 4.06. The van der Waals surface area contributed by atoms with Gasteiger partial charge in [-0.2, -0.15) is 8.78 Å². The minimum Gasteiger partial charge on any atom is -0.434 e. The SMILES string of the molecule is O=C(c1cccnc1)c1c(Cl)cccc1OC(F)F. The molecule has 0 aliphatic rings. The molecule has 0 aliphatic carbocycles. The Morgan fingerprint density at radius 3 is 2.68 bits per heavy atom. The van der Waals surface area contributed by atoms with Crippen molar-refractivity contribution in [1.29, 1.82) is 0 Å². The van der Waals surface area contributed by atoms with Crippen LogP contribution in [-0.4, -0.2) is 17.4 Å². The standard InChI is InChI=1S/C13H8ClF2NO2/c14-9-4-1-5-10(19-13(15)16)11(9)12(18)8-3-2-6-17-7-8/h1-7,13H. The van der Waals surface area contributed by atoms with Crippen molar-refractivity contribution in [3.8, 4) is 5.75 Å². The summed E-state index contributed by atoms with van der Waals surface area (Å²) < 4.78 is 28.9. The molecule has 3 nitrogen and oxygen atoms in total. The second kappa shape index (κ2) is 5.75. The molecule has 19 heavy (non-hydrogen) atoms. The lowest BCUT2D eigenvalue weighted by Gasteiger charge is -2.11. The van der Waals surface area contributed by atoms with E-state index in [-0.39, 0.29) is 21.9 Å². The molecule has 0 bridgehead atoms. The Labute approximate surface area is 112 Å². The molecule has 0 unspecified atom stereocenters. The molecule has 1 heterocycles. The second-order valence-electron chi connectivity index (χ2n) is 3.56. The smallest absolute Gasteiger partial charge is 0.387 e. The number of aromatic nitrogens is 1. The third-order valence-electron chi connectivity index (χ3n) is 2.34. The van der Waals surface area contributed by atoms with Crippen LogP contribution in [0.5, 0.6) is 5.75 Å². The minimum absolute atomic E-state index is 0.0482.